The number of para-hydroxylation sites is 1. The molecule has 2 aromatic heterocycles. The number of oxazole rings is 1. The van der Waals surface area contributed by atoms with Crippen molar-refractivity contribution in [1.82, 2.24) is 10.3 Å². The van der Waals surface area contributed by atoms with Gasteiger partial charge >= 0.3 is 0 Å². The molecule has 5 rings (SSSR count). The molecule has 31 heavy (non-hydrogen) atoms. The molecule has 1 aliphatic heterocycles. The van der Waals surface area contributed by atoms with E-state index in [1.54, 1.807) is 17.4 Å². The van der Waals surface area contributed by atoms with E-state index in [4.69, 9.17) is 20.8 Å². The standard InChI is InChI=1S/C23H18ClN3O3S/c24-14-7-8-21-18(10-14)26-17(16-5-1-2-6-20(16)30-21)11-22-27-19(13-29-22)23(28)25-12-15-4-3-9-31-15/h1-10,13,17,26H,11-12H2,(H,25,28). The average molecular weight is 452 g/mol. The maximum absolute atomic E-state index is 12.4. The van der Waals surface area contributed by atoms with Crippen LogP contribution in [0.4, 0.5) is 5.69 Å². The van der Waals surface area contributed by atoms with Gasteiger partial charge in [-0.2, -0.15) is 0 Å². The Kier molecular flexibility index (Phi) is 5.36. The van der Waals surface area contributed by atoms with Crippen molar-refractivity contribution < 1.29 is 13.9 Å². The van der Waals surface area contributed by atoms with Gasteiger partial charge in [0.1, 0.15) is 12.0 Å². The van der Waals surface area contributed by atoms with Gasteiger partial charge in [-0.25, -0.2) is 4.98 Å². The van der Waals surface area contributed by atoms with Gasteiger partial charge in [-0.05, 0) is 35.7 Å². The van der Waals surface area contributed by atoms with E-state index in [0.717, 1.165) is 21.9 Å². The number of fused-ring (bicyclic) bond motifs is 2. The van der Waals surface area contributed by atoms with Crippen LogP contribution in [0.5, 0.6) is 11.5 Å². The Hall–Kier alpha value is -3.29. The quantitative estimate of drug-likeness (QED) is 0.399. The number of carbonyl (C=O) groups excluding carboxylic acids is 1. The van der Waals surface area contributed by atoms with Crippen molar-refractivity contribution in [1.29, 1.82) is 0 Å². The van der Waals surface area contributed by atoms with Gasteiger partial charge < -0.3 is 19.8 Å². The maximum atomic E-state index is 12.4. The van der Waals surface area contributed by atoms with E-state index in [-0.39, 0.29) is 17.6 Å². The number of nitrogens with one attached hydrogen (secondary N) is 2. The third-order valence-corrected chi connectivity index (χ3v) is 6.06. The number of anilines is 1. The SMILES string of the molecule is O=C(NCc1cccs1)c1coc(CC2Nc3cc(Cl)ccc3Oc3ccccc32)n1. The van der Waals surface area contributed by atoms with Crippen LogP contribution in [0, 0.1) is 0 Å². The summed E-state index contributed by atoms with van der Waals surface area (Å²) in [6.07, 6.45) is 1.83. The molecule has 156 valence electrons. The van der Waals surface area contributed by atoms with Crippen molar-refractivity contribution in [3.8, 4) is 11.5 Å². The zero-order chi connectivity index (χ0) is 21.2. The van der Waals surface area contributed by atoms with Crippen molar-refractivity contribution in [2.45, 2.75) is 19.0 Å². The molecule has 1 atom stereocenters. The predicted molar refractivity (Wildman–Crippen MR) is 120 cm³/mol. The van der Waals surface area contributed by atoms with Crippen molar-refractivity contribution in [3.05, 3.63) is 93.3 Å². The first-order valence-electron chi connectivity index (χ1n) is 9.73. The number of carbonyl (C=O) groups is 1. The lowest BCUT2D eigenvalue weighted by Gasteiger charge is -2.17. The first-order valence-corrected chi connectivity index (χ1v) is 11.0. The van der Waals surface area contributed by atoms with Gasteiger partial charge in [-0.3, -0.25) is 4.79 Å². The molecule has 2 aromatic carbocycles. The molecular weight excluding hydrogens is 434 g/mol. The minimum atomic E-state index is -0.266. The molecule has 1 unspecified atom stereocenters. The summed E-state index contributed by atoms with van der Waals surface area (Å²) in [5, 5.41) is 8.93. The Morgan fingerprint density at radius 1 is 1.16 bits per heavy atom. The van der Waals surface area contributed by atoms with Crippen LogP contribution in [-0.2, 0) is 13.0 Å². The smallest absolute Gasteiger partial charge is 0.273 e. The Balaban J connectivity index is 1.36. The second-order valence-corrected chi connectivity index (χ2v) is 8.54. The van der Waals surface area contributed by atoms with Crippen LogP contribution in [0.25, 0.3) is 0 Å². The molecule has 0 saturated carbocycles. The summed E-state index contributed by atoms with van der Waals surface area (Å²) < 4.78 is 11.7. The summed E-state index contributed by atoms with van der Waals surface area (Å²) in [6, 6.07) is 17.0. The van der Waals surface area contributed by atoms with E-state index in [1.807, 2.05) is 53.9 Å². The van der Waals surface area contributed by atoms with Crippen molar-refractivity contribution in [2.24, 2.45) is 0 Å². The second-order valence-electron chi connectivity index (χ2n) is 7.07. The number of aromatic nitrogens is 1. The third-order valence-electron chi connectivity index (χ3n) is 4.95. The lowest BCUT2D eigenvalue weighted by Crippen LogP contribution is -2.22. The Labute approximate surface area is 187 Å². The van der Waals surface area contributed by atoms with E-state index in [2.05, 4.69) is 15.6 Å². The van der Waals surface area contributed by atoms with E-state index in [1.165, 1.54) is 6.26 Å². The van der Waals surface area contributed by atoms with Gasteiger partial charge in [0.15, 0.2) is 17.3 Å². The van der Waals surface area contributed by atoms with Crippen LogP contribution < -0.4 is 15.4 Å². The molecule has 1 aliphatic rings. The third kappa shape index (κ3) is 4.28. The summed E-state index contributed by atoms with van der Waals surface area (Å²) in [4.78, 5) is 17.9. The largest absolute Gasteiger partial charge is 0.455 e. The van der Waals surface area contributed by atoms with Gasteiger partial charge in [0.2, 0.25) is 0 Å². The molecule has 3 heterocycles. The Morgan fingerprint density at radius 2 is 2.06 bits per heavy atom. The summed E-state index contributed by atoms with van der Waals surface area (Å²) in [7, 11) is 0. The molecule has 8 heteroatoms. The van der Waals surface area contributed by atoms with Gasteiger partial charge in [0, 0.05) is 21.9 Å². The van der Waals surface area contributed by atoms with Crippen LogP contribution in [-0.4, -0.2) is 10.9 Å². The first kappa shape index (κ1) is 19.7. The Bertz CT molecular complexity index is 1220. The van der Waals surface area contributed by atoms with E-state index in [9.17, 15) is 4.79 Å². The number of hydrogen-bond donors (Lipinski definition) is 2. The first-order chi connectivity index (χ1) is 15.2. The monoisotopic (exact) mass is 451 g/mol. The number of nitrogens with zero attached hydrogens (tertiary/aromatic N) is 1. The molecule has 0 radical (unpaired) electrons. The molecule has 4 aromatic rings. The lowest BCUT2D eigenvalue weighted by atomic mass is 10.0. The van der Waals surface area contributed by atoms with Crippen molar-refractivity contribution in [2.75, 3.05) is 5.32 Å². The average Bonchev–Trinajstić information content (AvgIpc) is 3.43. The van der Waals surface area contributed by atoms with E-state index < -0.39 is 0 Å². The minimum absolute atomic E-state index is 0.170. The van der Waals surface area contributed by atoms with Gasteiger partial charge in [-0.1, -0.05) is 35.9 Å². The fraction of sp³-hybridized carbons (Fsp3) is 0.130. The summed E-state index contributed by atoms with van der Waals surface area (Å²) >= 11 is 7.78. The zero-order valence-electron chi connectivity index (χ0n) is 16.3. The molecular formula is C23H18ClN3O3S. The highest BCUT2D eigenvalue weighted by Gasteiger charge is 2.25. The number of thiophene rings is 1. The van der Waals surface area contributed by atoms with Crippen LogP contribution in [0.1, 0.15) is 32.9 Å². The van der Waals surface area contributed by atoms with Crippen LogP contribution in [0.2, 0.25) is 5.02 Å². The summed E-state index contributed by atoms with van der Waals surface area (Å²) in [5.74, 6) is 1.64. The zero-order valence-corrected chi connectivity index (χ0v) is 17.9. The topological polar surface area (TPSA) is 76.4 Å². The molecule has 1 amide bonds. The Morgan fingerprint density at radius 3 is 2.94 bits per heavy atom. The molecule has 6 nitrogen and oxygen atoms in total. The number of hydrogen-bond acceptors (Lipinski definition) is 6. The fourth-order valence-electron chi connectivity index (χ4n) is 3.46. The molecule has 0 bridgehead atoms. The summed E-state index contributed by atoms with van der Waals surface area (Å²) in [5.41, 5.74) is 2.01. The number of halogens is 1. The highest BCUT2D eigenvalue weighted by Crippen LogP contribution is 2.41. The number of rotatable bonds is 5. The van der Waals surface area contributed by atoms with Crippen molar-refractivity contribution in [3.63, 3.8) is 0 Å². The van der Waals surface area contributed by atoms with E-state index in [0.29, 0.717) is 29.6 Å². The van der Waals surface area contributed by atoms with Gasteiger partial charge in [0.05, 0.1) is 18.3 Å². The normalized spacial score (nSPS) is 14.5. The van der Waals surface area contributed by atoms with Gasteiger partial charge in [0.25, 0.3) is 5.91 Å². The fourth-order valence-corrected chi connectivity index (χ4v) is 4.28. The van der Waals surface area contributed by atoms with E-state index >= 15 is 0 Å². The number of amides is 1. The number of ether oxygens (including phenoxy) is 1. The molecule has 0 spiro atoms. The molecule has 0 aliphatic carbocycles. The lowest BCUT2D eigenvalue weighted by molar-refractivity contribution is 0.0946. The highest BCUT2D eigenvalue weighted by atomic mass is 35.5. The summed E-state index contributed by atoms with van der Waals surface area (Å²) in [6.45, 7) is 0.463. The molecule has 0 saturated heterocycles. The maximum Gasteiger partial charge on any atom is 0.273 e. The second kappa shape index (κ2) is 8.45. The molecule has 2 N–H and O–H groups in total. The minimum Gasteiger partial charge on any atom is -0.455 e. The highest BCUT2D eigenvalue weighted by molar-refractivity contribution is 7.09. The van der Waals surface area contributed by atoms with Crippen LogP contribution in [0.15, 0.2) is 70.7 Å². The number of benzene rings is 2. The molecule has 0 fully saturated rings. The van der Waals surface area contributed by atoms with Crippen LogP contribution >= 0.6 is 22.9 Å². The van der Waals surface area contributed by atoms with Gasteiger partial charge in [-0.15, -0.1) is 11.3 Å². The predicted octanol–water partition coefficient (Wildman–Crippen LogP) is 5.82. The van der Waals surface area contributed by atoms with Crippen molar-refractivity contribution >= 4 is 34.5 Å². The van der Waals surface area contributed by atoms with Crippen LogP contribution in [0.3, 0.4) is 0 Å².